The molecule has 1 fully saturated rings. The summed E-state index contributed by atoms with van der Waals surface area (Å²) in [4.78, 5) is 2.45. The zero-order valence-electron chi connectivity index (χ0n) is 11.8. The first-order chi connectivity index (χ1) is 8.59. The number of nitrogens with one attached hydrogen (secondary N) is 1. The van der Waals surface area contributed by atoms with Crippen LogP contribution in [0.5, 0.6) is 0 Å². The number of sulfone groups is 1. The Morgan fingerprint density at radius 1 is 1.33 bits per heavy atom. The van der Waals surface area contributed by atoms with Gasteiger partial charge in [0.15, 0.2) is 0 Å². The molecule has 0 bridgehead atoms. The van der Waals surface area contributed by atoms with Crippen LogP contribution in [0.1, 0.15) is 39.5 Å². The zero-order valence-corrected chi connectivity index (χ0v) is 12.6. The van der Waals surface area contributed by atoms with Crippen molar-refractivity contribution in [2.45, 2.75) is 45.6 Å². The van der Waals surface area contributed by atoms with Crippen molar-refractivity contribution < 1.29 is 8.42 Å². The minimum Gasteiger partial charge on any atom is -0.315 e. The normalized spacial score (nSPS) is 21.6. The number of hydrogen-bond acceptors (Lipinski definition) is 4. The summed E-state index contributed by atoms with van der Waals surface area (Å²) in [6.07, 6.45) is 4.44. The summed E-state index contributed by atoms with van der Waals surface area (Å²) in [5.74, 6) is 0.615. The smallest absolute Gasteiger partial charge is 0.150 e. The van der Waals surface area contributed by atoms with Gasteiger partial charge in [0.1, 0.15) is 9.84 Å². The Hall–Kier alpha value is -0.130. The van der Waals surface area contributed by atoms with Crippen LogP contribution >= 0.6 is 0 Å². The molecule has 1 heterocycles. The van der Waals surface area contributed by atoms with Crippen molar-refractivity contribution in [3.05, 3.63) is 0 Å². The Morgan fingerprint density at radius 2 is 2.11 bits per heavy atom. The first kappa shape index (κ1) is 15.9. The third kappa shape index (κ3) is 5.67. The van der Waals surface area contributed by atoms with Gasteiger partial charge < -0.3 is 5.32 Å². The minimum atomic E-state index is -2.79. The largest absolute Gasteiger partial charge is 0.315 e. The van der Waals surface area contributed by atoms with Crippen molar-refractivity contribution >= 4 is 9.84 Å². The minimum absolute atomic E-state index is 0.272. The van der Waals surface area contributed by atoms with Gasteiger partial charge in [0, 0.05) is 18.3 Å². The van der Waals surface area contributed by atoms with Crippen molar-refractivity contribution in [1.29, 1.82) is 0 Å². The fraction of sp³-hybridized carbons (Fsp3) is 1.00. The molecule has 0 radical (unpaired) electrons. The van der Waals surface area contributed by atoms with Crippen molar-refractivity contribution in [2.24, 2.45) is 0 Å². The summed E-state index contributed by atoms with van der Waals surface area (Å²) >= 11 is 0. The van der Waals surface area contributed by atoms with Gasteiger partial charge in [-0.15, -0.1) is 0 Å². The van der Waals surface area contributed by atoms with E-state index in [1.165, 1.54) is 19.3 Å². The van der Waals surface area contributed by atoms with E-state index in [2.05, 4.69) is 17.1 Å². The molecule has 1 aliphatic heterocycles. The molecule has 18 heavy (non-hydrogen) atoms. The monoisotopic (exact) mass is 276 g/mol. The first-order valence-corrected chi connectivity index (χ1v) is 9.06. The molecule has 1 N–H and O–H groups in total. The lowest BCUT2D eigenvalue weighted by molar-refractivity contribution is 0.248. The van der Waals surface area contributed by atoms with Gasteiger partial charge in [0.05, 0.1) is 5.75 Å². The van der Waals surface area contributed by atoms with Gasteiger partial charge in [-0.2, -0.15) is 0 Å². The maximum atomic E-state index is 11.4. The van der Waals surface area contributed by atoms with Crippen LogP contribution in [0.3, 0.4) is 0 Å². The molecule has 108 valence electrons. The second-order valence-electron chi connectivity index (χ2n) is 5.13. The maximum absolute atomic E-state index is 11.4. The van der Waals surface area contributed by atoms with E-state index in [1.807, 2.05) is 0 Å². The van der Waals surface area contributed by atoms with E-state index in [-0.39, 0.29) is 5.75 Å². The molecule has 4 nitrogen and oxygen atoms in total. The third-order valence-electron chi connectivity index (χ3n) is 3.65. The van der Waals surface area contributed by atoms with Gasteiger partial charge in [-0.05, 0) is 45.3 Å². The van der Waals surface area contributed by atoms with Gasteiger partial charge in [-0.25, -0.2) is 8.42 Å². The lowest BCUT2D eigenvalue weighted by atomic mass is 10.2. The fourth-order valence-corrected chi connectivity index (χ4v) is 3.36. The lowest BCUT2D eigenvalue weighted by Crippen LogP contribution is -2.39. The van der Waals surface area contributed by atoms with Gasteiger partial charge in [-0.1, -0.05) is 13.8 Å². The molecule has 0 spiro atoms. The fourth-order valence-electron chi connectivity index (χ4n) is 2.50. The molecule has 1 rings (SSSR count). The Morgan fingerprint density at radius 3 is 2.78 bits per heavy atom. The summed E-state index contributed by atoms with van der Waals surface area (Å²) < 4.78 is 22.9. The molecule has 5 heteroatoms. The molecular weight excluding hydrogens is 248 g/mol. The van der Waals surface area contributed by atoms with E-state index < -0.39 is 9.84 Å². The van der Waals surface area contributed by atoms with Crippen LogP contribution in [0.2, 0.25) is 0 Å². The molecule has 0 aliphatic carbocycles. The second-order valence-corrected chi connectivity index (χ2v) is 7.60. The Balaban J connectivity index is 2.23. The van der Waals surface area contributed by atoms with Crippen LogP contribution in [0.4, 0.5) is 0 Å². The molecular formula is C13H28N2O2S. The molecule has 0 aromatic rings. The topological polar surface area (TPSA) is 49.4 Å². The highest BCUT2D eigenvalue weighted by Gasteiger charge is 2.23. The molecule has 0 saturated carbocycles. The number of nitrogens with zero attached hydrogens (tertiary/aromatic N) is 1. The predicted octanol–water partition coefficient (Wildman–Crippen LogP) is 1.28. The van der Waals surface area contributed by atoms with E-state index in [0.717, 1.165) is 32.6 Å². The van der Waals surface area contributed by atoms with E-state index in [9.17, 15) is 8.42 Å². The van der Waals surface area contributed by atoms with E-state index in [4.69, 9.17) is 0 Å². The molecule has 1 saturated heterocycles. The predicted molar refractivity (Wildman–Crippen MR) is 76.7 cm³/mol. The van der Waals surface area contributed by atoms with Gasteiger partial charge in [-0.3, -0.25) is 4.90 Å². The van der Waals surface area contributed by atoms with E-state index in [1.54, 1.807) is 6.92 Å². The Kier molecular flexibility index (Phi) is 7.19. The molecule has 1 atom stereocenters. The Bertz CT molecular complexity index is 317. The second kappa shape index (κ2) is 8.12. The van der Waals surface area contributed by atoms with Crippen molar-refractivity contribution in [3.8, 4) is 0 Å². The molecule has 0 amide bonds. The summed E-state index contributed by atoms with van der Waals surface area (Å²) in [7, 11) is -2.79. The highest BCUT2D eigenvalue weighted by Crippen LogP contribution is 2.16. The third-order valence-corrected chi connectivity index (χ3v) is 5.44. The number of hydrogen-bond donors (Lipinski definition) is 1. The zero-order chi connectivity index (χ0) is 13.4. The van der Waals surface area contributed by atoms with Crippen molar-refractivity contribution in [1.82, 2.24) is 10.2 Å². The molecule has 1 aliphatic rings. The van der Waals surface area contributed by atoms with Crippen LogP contribution in [0.25, 0.3) is 0 Å². The average Bonchev–Trinajstić information content (AvgIpc) is 2.77. The summed E-state index contributed by atoms with van der Waals surface area (Å²) in [6, 6.07) is 0.612. The van der Waals surface area contributed by atoms with Crippen molar-refractivity contribution in [2.75, 3.05) is 37.7 Å². The van der Waals surface area contributed by atoms with E-state index in [0.29, 0.717) is 11.8 Å². The molecule has 0 aromatic carbocycles. The standard InChI is InChI=1S/C13H28N2O2S/c1-3-8-14-12-13-7-5-9-15(13)10-6-11-18(16,17)4-2/h13-14H,3-12H2,1-2H3. The van der Waals surface area contributed by atoms with Gasteiger partial charge >= 0.3 is 0 Å². The molecule has 1 unspecified atom stereocenters. The highest BCUT2D eigenvalue weighted by molar-refractivity contribution is 7.91. The maximum Gasteiger partial charge on any atom is 0.150 e. The molecule has 0 aromatic heterocycles. The quantitative estimate of drug-likeness (QED) is 0.645. The summed E-state index contributed by atoms with van der Waals surface area (Å²) in [5, 5.41) is 3.46. The summed E-state index contributed by atoms with van der Waals surface area (Å²) in [5.41, 5.74) is 0. The van der Waals surface area contributed by atoms with Crippen LogP contribution in [0.15, 0.2) is 0 Å². The van der Waals surface area contributed by atoms with E-state index >= 15 is 0 Å². The van der Waals surface area contributed by atoms with Crippen LogP contribution in [-0.4, -0.2) is 57.0 Å². The van der Waals surface area contributed by atoms with Crippen LogP contribution < -0.4 is 5.32 Å². The average molecular weight is 276 g/mol. The van der Waals surface area contributed by atoms with Gasteiger partial charge in [0.25, 0.3) is 0 Å². The van der Waals surface area contributed by atoms with Crippen LogP contribution in [-0.2, 0) is 9.84 Å². The first-order valence-electron chi connectivity index (χ1n) is 7.24. The lowest BCUT2D eigenvalue weighted by Gasteiger charge is -2.24. The number of rotatable bonds is 9. The Labute approximate surface area is 112 Å². The number of likely N-dealkylation sites (tertiary alicyclic amines) is 1. The van der Waals surface area contributed by atoms with Gasteiger partial charge in [0.2, 0.25) is 0 Å². The van der Waals surface area contributed by atoms with Crippen molar-refractivity contribution in [3.63, 3.8) is 0 Å². The van der Waals surface area contributed by atoms with Crippen LogP contribution in [0, 0.1) is 0 Å². The highest BCUT2D eigenvalue weighted by atomic mass is 32.2. The SMILES string of the molecule is CCCNCC1CCCN1CCCS(=O)(=O)CC. The summed E-state index contributed by atoms with van der Waals surface area (Å²) in [6.45, 7) is 8.09.